The molecule has 2 atom stereocenters. The predicted octanol–water partition coefficient (Wildman–Crippen LogP) is 0.961. The molecular formula is C12H17N3O2. The van der Waals surface area contributed by atoms with Gasteiger partial charge >= 0.3 is 0 Å². The number of nitrogen functional groups attached to an aromatic ring is 1. The van der Waals surface area contributed by atoms with Gasteiger partial charge in [-0.2, -0.15) is 0 Å². The quantitative estimate of drug-likeness (QED) is 0.818. The maximum atomic E-state index is 11.9. The summed E-state index contributed by atoms with van der Waals surface area (Å²) in [7, 11) is 1.70. The number of pyridine rings is 1. The third-order valence-electron chi connectivity index (χ3n) is 3.14. The van der Waals surface area contributed by atoms with E-state index in [1.165, 1.54) is 0 Å². The zero-order chi connectivity index (χ0) is 12.3. The monoisotopic (exact) mass is 235 g/mol. The van der Waals surface area contributed by atoms with Crippen LogP contribution in [0.4, 0.5) is 5.82 Å². The number of anilines is 1. The van der Waals surface area contributed by atoms with Crippen molar-refractivity contribution in [2.75, 3.05) is 12.8 Å². The molecule has 2 unspecified atom stereocenters. The van der Waals surface area contributed by atoms with Gasteiger partial charge in [0.1, 0.15) is 5.82 Å². The van der Waals surface area contributed by atoms with Crippen LogP contribution in [-0.4, -0.2) is 30.1 Å². The first-order valence-electron chi connectivity index (χ1n) is 5.75. The maximum absolute atomic E-state index is 11.9. The van der Waals surface area contributed by atoms with Gasteiger partial charge in [-0.3, -0.25) is 4.79 Å². The van der Waals surface area contributed by atoms with E-state index >= 15 is 0 Å². The van der Waals surface area contributed by atoms with Crippen LogP contribution in [0.2, 0.25) is 0 Å². The number of ether oxygens (including phenoxy) is 1. The molecular weight excluding hydrogens is 218 g/mol. The normalized spacial score (nSPS) is 23.6. The molecule has 3 N–H and O–H groups in total. The van der Waals surface area contributed by atoms with Gasteiger partial charge in [0, 0.05) is 19.3 Å². The van der Waals surface area contributed by atoms with Crippen molar-refractivity contribution in [2.45, 2.75) is 31.4 Å². The van der Waals surface area contributed by atoms with Crippen molar-refractivity contribution in [3.05, 3.63) is 23.9 Å². The van der Waals surface area contributed by atoms with Crippen LogP contribution in [0.1, 0.15) is 29.6 Å². The molecule has 1 amide bonds. The summed E-state index contributed by atoms with van der Waals surface area (Å²) in [6.07, 6.45) is 4.63. The molecule has 2 rings (SSSR count). The van der Waals surface area contributed by atoms with Crippen LogP contribution >= 0.6 is 0 Å². The van der Waals surface area contributed by atoms with Crippen molar-refractivity contribution in [3.8, 4) is 0 Å². The first-order valence-corrected chi connectivity index (χ1v) is 5.75. The molecule has 0 saturated heterocycles. The molecule has 0 radical (unpaired) electrons. The van der Waals surface area contributed by atoms with E-state index in [-0.39, 0.29) is 23.9 Å². The fourth-order valence-corrected chi connectivity index (χ4v) is 2.16. The van der Waals surface area contributed by atoms with Crippen molar-refractivity contribution in [1.29, 1.82) is 0 Å². The number of rotatable bonds is 3. The van der Waals surface area contributed by atoms with Crippen LogP contribution in [0.5, 0.6) is 0 Å². The van der Waals surface area contributed by atoms with Gasteiger partial charge in [0.25, 0.3) is 5.91 Å². The van der Waals surface area contributed by atoms with Crippen LogP contribution in [0.15, 0.2) is 18.3 Å². The number of nitrogens with zero attached hydrogens (tertiary/aromatic N) is 1. The first kappa shape index (κ1) is 11.9. The number of methoxy groups -OCH3 is 1. The second kappa shape index (κ2) is 5.14. The second-order valence-electron chi connectivity index (χ2n) is 4.28. The van der Waals surface area contributed by atoms with Gasteiger partial charge in [-0.05, 0) is 31.4 Å². The third kappa shape index (κ3) is 2.74. The number of carbonyl (C=O) groups is 1. The summed E-state index contributed by atoms with van der Waals surface area (Å²) in [6, 6.07) is 3.56. The minimum absolute atomic E-state index is 0.155. The molecule has 1 aromatic rings. The summed E-state index contributed by atoms with van der Waals surface area (Å²) in [4.78, 5) is 15.8. The maximum Gasteiger partial charge on any atom is 0.255 e. The molecule has 5 nitrogen and oxygen atoms in total. The van der Waals surface area contributed by atoms with Crippen LogP contribution in [0.3, 0.4) is 0 Å². The SMILES string of the molecule is COC1CCC(NC(=O)c2cccnc2N)C1. The van der Waals surface area contributed by atoms with E-state index < -0.39 is 0 Å². The van der Waals surface area contributed by atoms with Gasteiger partial charge in [0.15, 0.2) is 0 Å². The Morgan fingerprint density at radius 2 is 2.41 bits per heavy atom. The number of hydrogen-bond acceptors (Lipinski definition) is 4. The molecule has 1 aliphatic rings. The highest BCUT2D eigenvalue weighted by Gasteiger charge is 2.26. The molecule has 1 aliphatic carbocycles. The number of amides is 1. The summed E-state index contributed by atoms with van der Waals surface area (Å²) >= 11 is 0. The number of hydrogen-bond donors (Lipinski definition) is 2. The van der Waals surface area contributed by atoms with Gasteiger partial charge in [-0.25, -0.2) is 4.98 Å². The van der Waals surface area contributed by atoms with Gasteiger partial charge < -0.3 is 15.8 Å². The zero-order valence-electron chi connectivity index (χ0n) is 9.85. The van der Waals surface area contributed by atoms with E-state index in [2.05, 4.69) is 10.3 Å². The third-order valence-corrected chi connectivity index (χ3v) is 3.14. The highest BCUT2D eigenvalue weighted by atomic mass is 16.5. The molecule has 0 spiro atoms. The Balaban J connectivity index is 1.96. The number of nitrogens with two attached hydrogens (primary N) is 1. The summed E-state index contributed by atoms with van der Waals surface area (Å²) in [5.41, 5.74) is 6.09. The fraction of sp³-hybridized carbons (Fsp3) is 0.500. The number of carbonyl (C=O) groups excluding carboxylic acids is 1. The van der Waals surface area contributed by atoms with E-state index in [0.717, 1.165) is 19.3 Å². The Labute approximate surface area is 100 Å². The molecule has 1 fully saturated rings. The van der Waals surface area contributed by atoms with Crippen LogP contribution < -0.4 is 11.1 Å². The largest absolute Gasteiger partial charge is 0.383 e. The Bertz CT molecular complexity index is 408. The molecule has 92 valence electrons. The molecule has 0 bridgehead atoms. The fourth-order valence-electron chi connectivity index (χ4n) is 2.16. The first-order chi connectivity index (χ1) is 8.20. The number of nitrogens with one attached hydrogen (secondary N) is 1. The average Bonchev–Trinajstić information content (AvgIpc) is 2.77. The summed E-state index contributed by atoms with van der Waals surface area (Å²) in [6.45, 7) is 0. The van der Waals surface area contributed by atoms with E-state index in [4.69, 9.17) is 10.5 Å². The molecule has 17 heavy (non-hydrogen) atoms. The lowest BCUT2D eigenvalue weighted by Crippen LogP contribution is -2.33. The van der Waals surface area contributed by atoms with Gasteiger partial charge in [0.2, 0.25) is 0 Å². The lowest BCUT2D eigenvalue weighted by molar-refractivity contribution is 0.0915. The minimum Gasteiger partial charge on any atom is -0.383 e. The standard InChI is InChI=1S/C12H17N3O2/c1-17-9-5-4-8(7-9)15-12(16)10-3-2-6-14-11(10)13/h2-3,6,8-9H,4-5,7H2,1H3,(H2,13,14)(H,15,16). The number of aromatic nitrogens is 1. The smallest absolute Gasteiger partial charge is 0.255 e. The van der Waals surface area contributed by atoms with Crippen molar-refractivity contribution in [1.82, 2.24) is 10.3 Å². The lowest BCUT2D eigenvalue weighted by atomic mass is 10.2. The van der Waals surface area contributed by atoms with Crippen molar-refractivity contribution >= 4 is 11.7 Å². The molecule has 1 aromatic heterocycles. The summed E-state index contributed by atoms with van der Waals surface area (Å²) in [5, 5.41) is 2.96. The van der Waals surface area contributed by atoms with E-state index in [1.54, 1.807) is 25.4 Å². The Morgan fingerprint density at radius 1 is 1.59 bits per heavy atom. The summed E-state index contributed by atoms with van der Waals surface area (Å²) < 4.78 is 5.26. The Kier molecular flexibility index (Phi) is 3.58. The topological polar surface area (TPSA) is 77.2 Å². The second-order valence-corrected chi connectivity index (χ2v) is 4.28. The Hall–Kier alpha value is -1.62. The minimum atomic E-state index is -0.155. The predicted molar refractivity (Wildman–Crippen MR) is 64.6 cm³/mol. The molecule has 1 heterocycles. The molecule has 0 aromatic carbocycles. The average molecular weight is 235 g/mol. The van der Waals surface area contributed by atoms with Gasteiger partial charge in [-0.1, -0.05) is 0 Å². The molecule has 5 heteroatoms. The van der Waals surface area contributed by atoms with Crippen molar-refractivity contribution in [2.24, 2.45) is 0 Å². The molecule has 0 aliphatic heterocycles. The van der Waals surface area contributed by atoms with E-state index in [0.29, 0.717) is 5.56 Å². The van der Waals surface area contributed by atoms with E-state index in [9.17, 15) is 4.79 Å². The van der Waals surface area contributed by atoms with Crippen molar-refractivity contribution < 1.29 is 9.53 Å². The van der Waals surface area contributed by atoms with Crippen LogP contribution in [-0.2, 0) is 4.74 Å². The summed E-state index contributed by atoms with van der Waals surface area (Å²) in [5.74, 6) is 0.114. The van der Waals surface area contributed by atoms with Gasteiger partial charge in [-0.15, -0.1) is 0 Å². The Morgan fingerprint density at radius 3 is 3.06 bits per heavy atom. The van der Waals surface area contributed by atoms with Gasteiger partial charge in [0.05, 0.1) is 11.7 Å². The highest BCUT2D eigenvalue weighted by molar-refractivity contribution is 5.98. The van der Waals surface area contributed by atoms with Crippen LogP contribution in [0, 0.1) is 0 Å². The molecule has 1 saturated carbocycles. The zero-order valence-corrected chi connectivity index (χ0v) is 9.85. The lowest BCUT2D eigenvalue weighted by Gasteiger charge is -2.13. The van der Waals surface area contributed by atoms with Crippen molar-refractivity contribution in [3.63, 3.8) is 0 Å². The van der Waals surface area contributed by atoms with E-state index in [1.807, 2.05) is 0 Å². The van der Waals surface area contributed by atoms with Crippen LogP contribution in [0.25, 0.3) is 0 Å². The highest BCUT2D eigenvalue weighted by Crippen LogP contribution is 2.22.